The third-order valence-corrected chi connectivity index (χ3v) is 9.98. The highest BCUT2D eigenvalue weighted by molar-refractivity contribution is 9.10. The van der Waals surface area contributed by atoms with Gasteiger partial charge in [0.25, 0.3) is 0 Å². The van der Waals surface area contributed by atoms with Gasteiger partial charge >= 0.3 is 0 Å². The molecule has 2 aliphatic rings. The number of benzene rings is 4. The summed E-state index contributed by atoms with van der Waals surface area (Å²) < 4.78 is 5.31. The van der Waals surface area contributed by atoms with Crippen molar-refractivity contribution in [3.8, 4) is 22.8 Å². The first-order valence-corrected chi connectivity index (χ1v) is 18.0. The van der Waals surface area contributed by atoms with Crippen LogP contribution in [0.3, 0.4) is 0 Å². The van der Waals surface area contributed by atoms with Crippen molar-refractivity contribution in [1.82, 2.24) is 39.5 Å². The van der Waals surface area contributed by atoms with Gasteiger partial charge in [-0.2, -0.15) is 0 Å². The van der Waals surface area contributed by atoms with E-state index in [0.717, 1.165) is 103 Å². The number of aryl methyl sites for hydroxylation is 2. The predicted molar refractivity (Wildman–Crippen MR) is 205 cm³/mol. The first-order chi connectivity index (χ1) is 24.8. The van der Waals surface area contributed by atoms with Crippen LogP contribution in [0, 0.1) is 13.8 Å². The van der Waals surface area contributed by atoms with Crippen molar-refractivity contribution >= 4 is 61.9 Å². The van der Waals surface area contributed by atoms with Gasteiger partial charge in [0.05, 0.1) is 22.7 Å². The van der Waals surface area contributed by atoms with Crippen LogP contribution in [-0.2, 0) is 12.8 Å². The molecule has 0 aliphatic carbocycles. The van der Waals surface area contributed by atoms with Crippen molar-refractivity contribution in [3.05, 3.63) is 141 Å². The molecule has 5 heterocycles. The van der Waals surface area contributed by atoms with Crippen LogP contribution in [0.5, 0.6) is 0 Å². The molecule has 0 atom stereocenters. The van der Waals surface area contributed by atoms with E-state index in [1.165, 1.54) is 0 Å². The number of anilines is 4. The fourth-order valence-electron chi connectivity index (χ4n) is 6.62. The quantitative estimate of drug-likeness (QED) is 0.176. The van der Waals surface area contributed by atoms with E-state index in [1.54, 1.807) is 12.4 Å². The van der Waals surface area contributed by atoms with Gasteiger partial charge in [0.2, 0.25) is 0 Å². The maximum Gasteiger partial charge on any atom is 0.159 e. The largest absolute Gasteiger partial charge is 0.339 e. The van der Waals surface area contributed by atoms with E-state index < -0.39 is 0 Å². The minimum atomic E-state index is 0.700. The second-order valence-electron chi connectivity index (χ2n) is 12.2. The van der Waals surface area contributed by atoms with Crippen molar-refractivity contribution < 1.29 is 0 Å². The molecule has 254 valence electrons. The Kier molecular flexibility index (Phi) is 9.01. The highest BCUT2D eigenvalue weighted by atomic mass is 79.9. The minimum absolute atomic E-state index is 0.700. The number of aromatic nitrogens is 8. The average Bonchev–Trinajstić information content (AvgIpc) is 3.59. The second kappa shape index (κ2) is 13.9. The van der Waals surface area contributed by atoms with E-state index in [-0.39, 0.29) is 0 Å². The molecule has 10 nitrogen and oxygen atoms in total. The van der Waals surface area contributed by atoms with Gasteiger partial charge in [0, 0.05) is 69.8 Å². The van der Waals surface area contributed by atoms with E-state index in [1.807, 2.05) is 80.6 Å². The van der Waals surface area contributed by atoms with Crippen molar-refractivity contribution in [2.24, 2.45) is 0 Å². The molecule has 4 aromatic carbocycles. The standard InChI is InChI=1S/C21H17ClN6.C17H14BrClN4/c1-14-25-26-20-9-12-27(17-6-4-16(22)5-7-17)19-13-15(3-8-18(19)28(14)20)21-23-10-2-11-24-21;1-11-20-21-17-8-9-22(14-5-3-13(19)4-6-14)16-10-12(18)2-7-15(16)23(11)17/h2-8,10-11,13H,9,12H2,1H3;2-7,10H,8-9H2,1H3. The Labute approximate surface area is 313 Å². The third-order valence-electron chi connectivity index (χ3n) is 8.98. The van der Waals surface area contributed by atoms with Crippen molar-refractivity contribution in [1.29, 1.82) is 0 Å². The van der Waals surface area contributed by atoms with Crippen LogP contribution in [0.1, 0.15) is 23.3 Å². The summed E-state index contributed by atoms with van der Waals surface area (Å²) in [6.45, 7) is 5.59. The topological polar surface area (TPSA) is 93.7 Å². The van der Waals surface area contributed by atoms with Gasteiger partial charge in [-0.3, -0.25) is 9.13 Å². The van der Waals surface area contributed by atoms with Crippen molar-refractivity contribution in [2.75, 3.05) is 22.9 Å². The Morgan fingerprint density at radius 1 is 0.569 bits per heavy atom. The lowest BCUT2D eigenvalue weighted by Gasteiger charge is -2.25. The first-order valence-electron chi connectivity index (χ1n) is 16.4. The Morgan fingerprint density at radius 3 is 1.59 bits per heavy atom. The predicted octanol–water partition coefficient (Wildman–Crippen LogP) is 9.07. The summed E-state index contributed by atoms with van der Waals surface area (Å²) in [5.41, 5.74) is 7.49. The molecule has 0 N–H and O–H groups in total. The Hall–Kier alpha value is -5.10. The Morgan fingerprint density at radius 2 is 1.06 bits per heavy atom. The number of halogens is 3. The molecule has 51 heavy (non-hydrogen) atoms. The molecule has 0 saturated heterocycles. The third kappa shape index (κ3) is 6.48. The van der Waals surface area contributed by atoms with Crippen LogP contribution in [0.2, 0.25) is 10.0 Å². The first kappa shape index (κ1) is 33.1. The van der Waals surface area contributed by atoms with Crippen LogP contribution in [0.25, 0.3) is 22.8 Å². The molecule has 0 bridgehead atoms. The van der Waals surface area contributed by atoms with Crippen LogP contribution in [-0.4, -0.2) is 52.6 Å². The monoisotopic (exact) mass is 776 g/mol. The molecule has 13 heteroatoms. The van der Waals surface area contributed by atoms with Crippen molar-refractivity contribution in [2.45, 2.75) is 26.7 Å². The fraction of sp³-hybridized carbons (Fsp3) is 0.158. The Balaban J connectivity index is 0.000000150. The fourth-order valence-corrected chi connectivity index (χ4v) is 7.22. The summed E-state index contributed by atoms with van der Waals surface area (Å²) in [4.78, 5) is 13.4. The molecule has 0 saturated carbocycles. The number of fused-ring (bicyclic) bond motifs is 6. The maximum absolute atomic E-state index is 6.11. The van der Waals surface area contributed by atoms with E-state index in [2.05, 4.69) is 89.5 Å². The minimum Gasteiger partial charge on any atom is -0.339 e. The Bertz CT molecular complexity index is 2340. The van der Waals surface area contributed by atoms with Gasteiger partial charge in [-0.05, 0) is 105 Å². The summed E-state index contributed by atoms with van der Waals surface area (Å²) in [5, 5.41) is 18.7. The normalized spacial score (nSPS) is 13.2. The van der Waals surface area contributed by atoms with Crippen molar-refractivity contribution in [3.63, 3.8) is 0 Å². The van der Waals surface area contributed by atoms with E-state index >= 15 is 0 Å². The molecule has 7 aromatic rings. The number of rotatable bonds is 3. The van der Waals surface area contributed by atoms with Gasteiger partial charge in [-0.1, -0.05) is 39.1 Å². The highest BCUT2D eigenvalue weighted by Crippen LogP contribution is 2.39. The summed E-state index contributed by atoms with van der Waals surface area (Å²) >= 11 is 15.7. The van der Waals surface area contributed by atoms with E-state index in [0.29, 0.717) is 5.82 Å². The number of hydrogen-bond donors (Lipinski definition) is 0. The smallest absolute Gasteiger partial charge is 0.159 e. The zero-order valence-corrected chi connectivity index (χ0v) is 30.8. The summed E-state index contributed by atoms with van der Waals surface area (Å²) in [5.74, 6) is 4.42. The SMILES string of the molecule is Cc1nnc2n1-c1ccc(-c3ncccn3)cc1N(c1ccc(Cl)cc1)CC2.Cc1nnc2n1-c1ccc(Br)cc1N(c1ccc(Cl)cc1)CC2. The van der Waals surface area contributed by atoms with E-state index in [4.69, 9.17) is 23.2 Å². The lowest BCUT2D eigenvalue weighted by atomic mass is 10.1. The molecule has 0 unspecified atom stereocenters. The summed E-state index contributed by atoms with van der Waals surface area (Å²) in [7, 11) is 0. The summed E-state index contributed by atoms with van der Waals surface area (Å²) in [6, 6.07) is 30.2. The van der Waals surface area contributed by atoms with Crippen LogP contribution < -0.4 is 9.80 Å². The van der Waals surface area contributed by atoms with Gasteiger partial charge in [-0.25, -0.2) is 9.97 Å². The number of nitrogens with zero attached hydrogens (tertiary/aromatic N) is 10. The number of hydrogen-bond acceptors (Lipinski definition) is 8. The van der Waals surface area contributed by atoms with Crippen LogP contribution in [0.15, 0.2) is 108 Å². The van der Waals surface area contributed by atoms with Crippen LogP contribution >= 0.6 is 39.1 Å². The molecular weight excluding hydrogens is 747 g/mol. The molecule has 0 fully saturated rings. The van der Waals surface area contributed by atoms with Gasteiger partial charge in [0.1, 0.15) is 23.3 Å². The molecule has 3 aromatic heterocycles. The molecule has 0 spiro atoms. The lowest BCUT2D eigenvalue weighted by molar-refractivity contribution is 0.838. The van der Waals surface area contributed by atoms with Crippen LogP contribution in [0.4, 0.5) is 22.7 Å². The summed E-state index contributed by atoms with van der Waals surface area (Å²) in [6.07, 6.45) is 5.13. The van der Waals surface area contributed by atoms with Gasteiger partial charge < -0.3 is 9.80 Å². The maximum atomic E-state index is 6.11. The molecular formula is C38H31BrCl2N10. The van der Waals surface area contributed by atoms with E-state index in [9.17, 15) is 0 Å². The van der Waals surface area contributed by atoms with Gasteiger partial charge in [0.15, 0.2) is 5.82 Å². The molecule has 2 aliphatic heterocycles. The van der Waals surface area contributed by atoms with Gasteiger partial charge in [-0.15, -0.1) is 20.4 Å². The zero-order chi connectivity index (χ0) is 35.1. The molecule has 0 amide bonds. The highest BCUT2D eigenvalue weighted by Gasteiger charge is 2.25. The molecule has 9 rings (SSSR count). The lowest BCUT2D eigenvalue weighted by Crippen LogP contribution is -2.19. The average molecular weight is 779 g/mol. The zero-order valence-electron chi connectivity index (χ0n) is 27.7. The molecule has 0 radical (unpaired) electrons. The second-order valence-corrected chi connectivity index (χ2v) is 14.0.